The second kappa shape index (κ2) is 3.31. The normalized spacial score (nSPS) is 32.6. The van der Waals surface area contributed by atoms with Crippen molar-refractivity contribution in [3.63, 3.8) is 0 Å². The number of benzene rings is 1. The van der Waals surface area contributed by atoms with E-state index in [1.54, 1.807) is 4.88 Å². The minimum Gasteiger partial charge on any atom is -0.302 e. The van der Waals surface area contributed by atoms with E-state index in [0.717, 1.165) is 11.8 Å². The van der Waals surface area contributed by atoms with Crippen LogP contribution in [0.25, 0.3) is 10.1 Å². The van der Waals surface area contributed by atoms with Crippen LogP contribution < -0.4 is 0 Å². The minimum absolute atomic E-state index is 0.825. The topological polar surface area (TPSA) is 3.24 Å². The van der Waals surface area contributed by atoms with Crippen LogP contribution in [-0.4, -0.2) is 24.5 Å². The fourth-order valence-electron chi connectivity index (χ4n) is 3.29. The van der Waals surface area contributed by atoms with Crippen molar-refractivity contribution in [2.45, 2.75) is 12.3 Å². The third-order valence-corrected chi connectivity index (χ3v) is 5.39. The van der Waals surface area contributed by atoms with Crippen molar-refractivity contribution in [1.29, 1.82) is 0 Å². The van der Waals surface area contributed by atoms with Crippen LogP contribution in [0, 0.1) is 5.92 Å². The summed E-state index contributed by atoms with van der Waals surface area (Å²) in [7, 11) is 0. The highest BCUT2D eigenvalue weighted by atomic mass is 32.1. The Morgan fingerprint density at radius 1 is 1.19 bits per heavy atom. The molecule has 1 aromatic heterocycles. The van der Waals surface area contributed by atoms with E-state index < -0.39 is 0 Å². The van der Waals surface area contributed by atoms with Gasteiger partial charge in [-0.2, -0.15) is 0 Å². The van der Waals surface area contributed by atoms with Gasteiger partial charge in [0.2, 0.25) is 0 Å². The molecule has 2 saturated heterocycles. The molecule has 2 heteroatoms. The van der Waals surface area contributed by atoms with Crippen molar-refractivity contribution in [2.75, 3.05) is 19.6 Å². The van der Waals surface area contributed by atoms with E-state index in [0.29, 0.717) is 0 Å². The van der Waals surface area contributed by atoms with E-state index >= 15 is 0 Å². The van der Waals surface area contributed by atoms with Crippen molar-refractivity contribution in [3.8, 4) is 0 Å². The predicted molar refractivity (Wildman–Crippen MR) is 69.1 cm³/mol. The number of fused-ring (bicyclic) bond motifs is 3. The Kier molecular flexibility index (Phi) is 1.91. The molecule has 0 N–H and O–H groups in total. The van der Waals surface area contributed by atoms with Gasteiger partial charge in [0.05, 0.1) is 0 Å². The lowest BCUT2D eigenvalue weighted by Gasteiger charge is -2.20. The quantitative estimate of drug-likeness (QED) is 0.725. The molecule has 3 heterocycles. The van der Waals surface area contributed by atoms with Gasteiger partial charge < -0.3 is 4.90 Å². The van der Waals surface area contributed by atoms with Gasteiger partial charge in [0.1, 0.15) is 0 Å². The summed E-state index contributed by atoms with van der Waals surface area (Å²) in [6, 6.07) is 11.2. The minimum atomic E-state index is 0.825. The monoisotopic (exact) mass is 229 g/mol. The lowest BCUT2D eigenvalue weighted by atomic mass is 9.91. The van der Waals surface area contributed by atoms with Crippen LogP contribution in [-0.2, 0) is 0 Å². The summed E-state index contributed by atoms with van der Waals surface area (Å²) in [5.41, 5.74) is 0. The highest BCUT2D eigenvalue weighted by Crippen LogP contribution is 2.43. The van der Waals surface area contributed by atoms with Gasteiger partial charge in [-0.05, 0) is 36.4 Å². The van der Waals surface area contributed by atoms with Gasteiger partial charge in [0.25, 0.3) is 0 Å². The van der Waals surface area contributed by atoms with E-state index in [-0.39, 0.29) is 0 Å². The molecule has 0 saturated carbocycles. The van der Waals surface area contributed by atoms with Crippen molar-refractivity contribution in [1.82, 2.24) is 4.90 Å². The van der Waals surface area contributed by atoms with Crippen LogP contribution in [0.5, 0.6) is 0 Å². The van der Waals surface area contributed by atoms with E-state index in [4.69, 9.17) is 0 Å². The summed E-state index contributed by atoms with van der Waals surface area (Å²) in [4.78, 5) is 4.24. The molecule has 2 aliphatic rings. The van der Waals surface area contributed by atoms with Crippen LogP contribution in [0.1, 0.15) is 17.2 Å². The first-order valence-electron chi connectivity index (χ1n) is 6.11. The van der Waals surface area contributed by atoms with Crippen LogP contribution in [0.3, 0.4) is 0 Å². The maximum Gasteiger partial charge on any atom is 0.0345 e. The first-order chi connectivity index (χ1) is 7.90. The molecule has 0 amide bonds. The lowest BCUT2D eigenvalue weighted by Crippen LogP contribution is -2.21. The lowest BCUT2D eigenvalue weighted by molar-refractivity contribution is 0.348. The highest BCUT2D eigenvalue weighted by Gasteiger charge is 2.39. The van der Waals surface area contributed by atoms with E-state index in [1.807, 2.05) is 11.3 Å². The van der Waals surface area contributed by atoms with Crippen molar-refractivity contribution in [2.24, 2.45) is 5.92 Å². The average Bonchev–Trinajstić information content (AvgIpc) is 3.02. The molecule has 0 radical (unpaired) electrons. The molecular weight excluding hydrogens is 214 g/mol. The van der Waals surface area contributed by atoms with Gasteiger partial charge in [-0.3, -0.25) is 0 Å². The standard InChI is InChI=1S/C14H15NS/c1-2-4-13-10(3-1)7-14(16-13)12-9-15-6-5-11(12)8-15/h1-4,7,11-12H,5-6,8-9H2. The third kappa shape index (κ3) is 1.26. The molecule has 2 aliphatic heterocycles. The summed E-state index contributed by atoms with van der Waals surface area (Å²) < 4.78 is 1.45. The Hall–Kier alpha value is -0.860. The number of hydrogen-bond acceptors (Lipinski definition) is 2. The van der Waals surface area contributed by atoms with Gasteiger partial charge >= 0.3 is 0 Å². The summed E-state index contributed by atoms with van der Waals surface area (Å²) >= 11 is 2.01. The first-order valence-corrected chi connectivity index (χ1v) is 6.92. The van der Waals surface area contributed by atoms with Crippen LogP contribution >= 0.6 is 11.3 Å². The van der Waals surface area contributed by atoms with Crippen molar-refractivity contribution in [3.05, 3.63) is 35.2 Å². The molecule has 3 atom stereocenters. The maximum absolute atomic E-state index is 2.62. The SMILES string of the molecule is c1ccc2sc(C3CN4CCC3C4)cc2c1. The molecule has 1 nitrogen and oxygen atoms in total. The van der Waals surface area contributed by atoms with Crippen molar-refractivity contribution >= 4 is 21.4 Å². The number of nitrogens with zero attached hydrogens (tertiary/aromatic N) is 1. The molecule has 0 spiro atoms. The number of thiophene rings is 1. The average molecular weight is 229 g/mol. The third-order valence-electron chi connectivity index (χ3n) is 4.14. The number of rotatable bonds is 1. The Balaban J connectivity index is 1.76. The zero-order chi connectivity index (χ0) is 10.5. The van der Waals surface area contributed by atoms with E-state index in [1.165, 1.54) is 36.1 Å². The summed E-state index contributed by atoms with van der Waals surface area (Å²) in [6.45, 7) is 3.99. The second-order valence-corrected chi connectivity index (χ2v) is 6.22. The molecule has 16 heavy (non-hydrogen) atoms. The molecular formula is C14H15NS. The summed E-state index contributed by atoms with van der Waals surface area (Å²) in [5.74, 6) is 1.76. The van der Waals surface area contributed by atoms with Crippen LogP contribution in [0.4, 0.5) is 0 Å². The zero-order valence-electron chi connectivity index (χ0n) is 9.23. The molecule has 3 unspecified atom stereocenters. The second-order valence-electron chi connectivity index (χ2n) is 5.10. The summed E-state index contributed by atoms with van der Waals surface area (Å²) in [5, 5.41) is 1.43. The first kappa shape index (κ1) is 9.20. The zero-order valence-corrected chi connectivity index (χ0v) is 10.0. The van der Waals surface area contributed by atoms with E-state index in [2.05, 4.69) is 35.2 Å². The molecule has 2 bridgehead atoms. The highest BCUT2D eigenvalue weighted by molar-refractivity contribution is 7.19. The van der Waals surface area contributed by atoms with Gasteiger partial charge in [-0.1, -0.05) is 18.2 Å². The molecule has 0 aliphatic carbocycles. The van der Waals surface area contributed by atoms with E-state index in [9.17, 15) is 0 Å². The Morgan fingerprint density at radius 3 is 2.88 bits per heavy atom. The smallest absolute Gasteiger partial charge is 0.0345 e. The fraction of sp³-hybridized carbons (Fsp3) is 0.429. The van der Waals surface area contributed by atoms with Gasteiger partial charge in [0.15, 0.2) is 0 Å². The Labute approximate surface area is 99.7 Å². The van der Waals surface area contributed by atoms with Crippen LogP contribution in [0.15, 0.2) is 30.3 Å². The number of piperidine rings is 1. The molecule has 1 aromatic carbocycles. The molecule has 4 rings (SSSR count). The fourth-order valence-corrected chi connectivity index (χ4v) is 4.54. The number of hydrogen-bond donors (Lipinski definition) is 0. The van der Waals surface area contributed by atoms with Crippen LogP contribution in [0.2, 0.25) is 0 Å². The Morgan fingerprint density at radius 2 is 2.12 bits per heavy atom. The van der Waals surface area contributed by atoms with Crippen molar-refractivity contribution < 1.29 is 0 Å². The predicted octanol–water partition coefficient (Wildman–Crippen LogP) is 3.32. The maximum atomic E-state index is 2.62. The largest absolute Gasteiger partial charge is 0.302 e. The molecule has 2 fully saturated rings. The Bertz CT molecular complexity index is 497. The van der Waals surface area contributed by atoms with Gasteiger partial charge in [-0.25, -0.2) is 0 Å². The molecule has 82 valence electrons. The summed E-state index contributed by atoms with van der Waals surface area (Å²) in [6.07, 6.45) is 1.42. The van der Waals surface area contributed by atoms with Gasteiger partial charge in [-0.15, -0.1) is 11.3 Å². The molecule has 2 aromatic rings. The van der Waals surface area contributed by atoms with Gasteiger partial charge in [0, 0.05) is 28.6 Å².